The van der Waals surface area contributed by atoms with Crippen LogP contribution in [0, 0.1) is 23.1 Å². The van der Waals surface area contributed by atoms with Crippen LogP contribution in [0.5, 0.6) is 5.75 Å². The number of halogens is 1. The van der Waals surface area contributed by atoms with Crippen molar-refractivity contribution in [2.75, 3.05) is 0 Å². The van der Waals surface area contributed by atoms with Crippen LogP contribution >= 0.6 is 0 Å². The van der Waals surface area contributed by atoms with Gasteiger partial charge in [0.25, 0.3) is 5.91 Å². The van der Waals surface area contributed by atoms with Crippen LogP contribution in [0.25, 0.3) is 0 Å². The highest BCUT2D eigenvalue weighted by Crippen LogP contribution is 2.51. The maximum Gasteiger partial charge on any atom is 0.255 e. The molecule has 0 fully saturated rings. The lowest BCUT2D eigenvalue weighted by Crippen LogP contribution is -2.57. The van der Waals surface area contributed by atoms with Gasteiger partial charge in [0.1, 0.15) is 28.7 Å². The van der Waals surface area contributed by atoms with Gasteiger partial charge in [-0.1, -0.05) is 20.8 Å². The second-order valence-corrected chi connectivity index (χ2v) is 11.7. The van der Waals surface area contributed by atoms with Crippen LogP contribution in [0.2, 0.25) is 0 Å². The monoisotopic (exact) mass is 516 g/mol. The van der Waals surface area contributed by atoms with Crippen LogP contribution < -0.4 is 11.1 Å². The van der Waals surface area contributed by atoms with Gasteiger partial charge in [-0.2, -0.15) is 0 Å². The van der Waals surface area contributed by atoms with E-state index in [1.165, 1.54) is 6.07 Å². The third kappa shape index (κ3) is 4.31. The second kappa shape index (κ2) is 8.95. The topological polar surface area (TPSA) is 170 Å². The Kier molecular flexibility index (Phi) is 6.49. The van der Waals surface area contributed by atoms with Crippen molar-refractivity contribution in [1.29, 1.82) is 0 Å². The Bertz CT molecular complexity index is 1280. The molecule has 7 N–H and O–H groups in total. The van der Waals surface area contributed by atoms with Crippen molar-refractivity contribution in [3.05, 3.63) is 51.2 Å². The Balaban J connectivity index is 1.72. The number of ketones is 2. The molecule has 9 nitrogen and oxygen atoms in total. The summed E-state index contributed by atoms with van der Waals surface area (Å²) in [5.41, 5.74) is 1.31. The number of amides is 1. The van der Waals surface area contributed by atoms with E-state index in [-0.39, 0.29) is 59.5 Å². The number of aromatic hydroxyl groups is 1. The average molecular weight is 517 g/mol. The van der Waals surface area contributed by atoms with E-state index in [0.29, 0.717) is 0 Å². The molecule has 0 heterocycles. The first-order chi connectivity index (χ1) is 17.1. The van der Waals surface area contributed by atoms with E-state index in [1.54, 1.807) is 0 Å². The highest BCUT2D eigenvalue weighted by atomic mass is 19.1. The van der Waals surface area contributed by atoms with E-state index < -0.39 is 63.6 Å². The fourth-order valence-corrected chi connectivity index (χ4v) is 6.13. The Morgan fingerprint density at radius 3 is 2.49 bits per heavy atom. The number of phenols is 1. The van der Waals surface area contributed by atoms with Gasteiger partial charge in [0.2, 0.25) is 5.78 Å². The molecule has 3 aliphatic rings. The molecule has 3 aliphatic carbocycles. The van der Waals surface area contributed by atoms with Crippen LogP contribution in [-0.2, 0) is 22.6 Å². The zero-order valence-electron chi connectivity index (χ0n) is 21.3. The fraction of sp³-hybridized carbons (Fsp3) is 0.519. The summed E-state index contributed by atoms with van der Waals surface area (Å²) in [5, 5.41) is 46.4. The van der Waals surface area contributed by atoms with Crippen LogP contribution in [-0.4, -0.2) is 49.5 Å². The molecule has 200 valence electrons. The molecular formula is C27H33FN2O7. The first kappa shape index (κ1) is 26.8. The van der Waals surface area contributed by atoms with Gasteiger partial charge in [-0.25, -0.2) is 4.39 Å². The summed E-state index contributed by atoms with van der Waals surface area (Å²) >= 11 is 0. The van der Waals surface area contributed by atoms with Gasteiger partial charge in [-0.15, -0.1) is 0 Å². The zero-order valence-corrected chi connectivity index (χ0v) is 21.3. The molecule has 1 unspecified atom stereocenters. The highest BCUT2D eigenvalue weighted by Gasteiger charge is 2.59. The molecule has 0 saturated heterocycles. The van der Waals surface area contributed by atoms with Crippen molar-refractivity contribution in [3.8, 4) is 5.75 Å². The summed E-state index contributed by atoms with van der Waals surface area (Å²) < 4.78 is 15.6. The molecule has 0 bridgehead atoms. The number of Topliss-reactive ketones (excluding diaryl/α,β-unsaturated/α-hetero) is 2. The molecule has 0 spiro atoms. The minimum atomic E-state index is -2.64. The van der Waals surface area contributed by atoms with Crippen LogP contribution in [0.1, 0.15) is 68.4 Å². The van der Waals surface area contributed by atoms with Gasteiger partial charge in [-0.05, 0) is 43.6 Å². The molecule has 1 aromatic rings. The number of allylic oxidation sites excluding steroid dienone is 2. The molecule has 0 aromatic heterocycles. The van der Waals surface area contributed by atoms with Crippen molar-refractivity contribution in [2.45, 2.75) is 71.6 Å². The minimum absolute atomic E-state index is 0.00279. The van der Waals surface area contributed by atoms with Crippen LogP contribution in [0.15, 0.2) is 28.7 Å². The summed E-state index contributed by atoms with van der Waals surface area (Å²) in [6.07, 6.45) is 0.382. The summed E-state index contributed by atoms with van der Waals surface area (Å²) in [6.45, 7) is 8.39. The van der Waals surface area contributed by atoms with Crippen molar-refractivity contribution in [2.24, 2.45) is 23.0 Å². The Labute approximate surface area is 213 Å². The van der Waals surface area contributed by atoms with E-state index in [2.05, 4.69) is 26.1 Å². The molecule has 0 radical (unpaired) electrons. The van der Waals surface area contributed by atoms with Gasteiger partial charge < -0.3 is 31.5 Å². The lowest BCUT2D eigenvalue weighted by molar-refractivity contribution is -0.144. The van der Waals surface area contributed by atoms with Gasteiger partial charge in [-0.3, -0.25) is 14.4 Å². The van der Waals surface area contributed by atoms with E-state index in [0.717, 1.165) is 6.42 Å². The predicted molar refractivity (Wildman–Crippen MR) is 131 cm³/mol. The Hall–Kier alpha value is -3.24. The van der Waals surface area contributed by atoms with E-state index in [9.17, 15) is 34.8 Å². The van der Waals surface area contributed by atoms with E-state index >= 15 is 4.39 Å². The number of nitrogens with one attached hydrogen (secondary N) is 1. The smallest absolute Gasteiger partial charge is 0.255 e. The molecule has 1 aromatic carbocycles. The zero-order chi connectivity index (χ0) is 27.6. The number of nitrogens with two attached hydrogens (primary N) is 1. The molecule has 0 aliphatic heterocycles. The van der Waals surface area contributed by atoms with Crippen molar-refractivity contribution >= 4 is 17.5 Å². The summed E-state index contributed by atoms with van der Waals surface area (Å²) in [4.78, 5) is 38.1. The molecule has 37 heavy (non-hydrogen) atoms. The maximum absolute atomic E-state index is 15.6. The lowest BCUT2D eigenvalue weighted by Gasteiger charge is -2.45. The summed E-state index contributed by atoms with van der Waals surface area (Å²) in [5.74, 6) is -7.99. The van der Waals surface area contributed by atoms with E-state index in [1.807, 2.05) is 6.92 Å². The first-order valence-corrected chi connectivity index (χ1v) is 12.3. The molecular weight excluding hydrogens is 483 g/mol. The summed E-state index contributed by atoms with van der Waals surface area (Å²) in [6, 6.07) is 1.23. The number of benzene rings is 1. The number of aliphatic hydroxyl groups excluding tert-OH is 2. The number of aliphatic hydroxyl groups is 3. The van der Waals surface area contributed by atoms with Crippen molar-refractivity contribution < 1.29 is 39.2 Å². The molecule has 4 rings (SSSR count). The number of fused-ring (bicyclic) bond motifs is 3. The van der Waals surface area contributed by atoms with Crippen molar-refractivity contribution in [3.63, 3.8) is 0 Å². The fourth-order valence-electron chi connectivity index (χ4n) is 6.13. The number of carbonyl (C=O) groups is 3. The predicted octanol–water partition coefficient (Wildman–Crippen LogP) is 2.63. The molecule has 1 amide bonds. The molecule has 10 heteroatoms. The lowest BCUT2D eigenvalue weighted by atomic mass is 9.60. The first-order valence-electron chi connectivity index (χ1n) is 12.3. The molecule has 0 saturated carbocycles. The Morgan fingerprint density at radius 1 is 1.24 bits per heavy atom. The number of rotatable bonds is 5. The SMILES string of the molecule is C[C@H](CC(C)(C)C)NCc1cc(O)c2c(c1F)CC1C[C@H]3CC(O)=C(C(N)=O)C(=O)[C@@]3(O)C(O)=C1C2=O. The number of hydrogen-bond donors (Lipinski definition) is 6. The third-order valence-corrected chi connectivity index (χ3v) is 7.63. The van der Waals surface area contributed by atoms with Crippen LogP contribution in [0.3, 0.4) is 0 Å². The largest absolute Gasteiger partial charge is 0.511 e. The quantitative estimate of drug-likeness (QED) is 0.324. The van der Waals surface area contributed by atoms with Gasteiger partial charge >= 0.3 is 0 Å². The standard InChI is InChI=1S/C27H33FN2O7/c1-11(9-26(2,3)4)30-10-13-7-16(31)19-15(21(13)28)6-12-5-14-8-17(32)20(25(29)36)24(35)27(14,37)23(34)18(12)22(19)33/h7,11-12,14,30-32,34,37H,5-6,8-10H2,1-4H3,(H2,29,36)/t11-,12?,14+,27+/m1/s1. The van der Waals surface area contributed by atoms with Gasteiger partial charge in [0.15, 0.2) is 11.4 Å². The third-order valence-electron chi connectivity index (χ3n) is 7.63. The number of carbonyl (C=O) groups excluding carboxylic acids is 3. The maximum atomic E-state index is 15.6. The van der Waals surface area contributed by atoms with E-state index in [4.69, 9.17) is 5.73 Å². The van der Waals surface area contributed by atoms with Crippen molar-refractivity contribution in [1.82, 2.24) is 5.32 Å². The number of primary amides is 1. The summed E-state index contributed by atoms with van der Waals surface area (Å²) in [7, 11) is 0. The average Bonchev–Trinajstić information content (AvgIpc) is 2.76. The number of phenolic OH excluding ortho intramolecular Hbond substituents is 1. The Morgan fingerprint density at radius 2 is 1.89 bits per heavy atom. The van der Waals surface area contributed by atoms with Crippen LogP contribution in [0.4, 0.5) is 4.39 Å². The minimum Gasteiger partial charge on any atom is -0.511 e. The van der Waals surface area contributed by atoms with Gasteiger partial charge in [0, 0.05) is 41.6 Å². The normalized spacial score (nSPS) is 26.5. The molecule has 4 atom stereocenters. The second-order valence-electron chi connectivity index (χ2n) is 11.7. The van der Waals surface area contributed by atoms with Gasteiger partial charge in [0.05, 0.1) is 5.56 Å². The number of hydrogen-bond acceptors (Lipinski definition) is 8. The highest BCUT2D eigenvalue weighted by molar-refractivity contribution is 6.24.